The van der Waals surface area contributed by atoms with Crippen LogP contribution in [0.25, 0.3) is 0 Å². The largest absolute Gasteiger partial charge is 0.396 e. The van der Waals surface area contributed by atoms with E-state index in [0.717, 1.165) is 19.4 Å². The molecule has 3 nitrogen and oxygen atoms in total. The zero-order chi connectivity index (χ0) is 15.0. The summed E-state index contributed by atoms with van der Waals surface area (Å²) in [6.07, 6.45) is 10.7. The summed E-state index contributed by atoms with van der Waals surface area (Å²) < 4.78 is 2.18. The van der Waals surface area contributed by atoms with Gasteiger partial charge in [0.1, 0.15) is 0 Å². The summed E-state index contributed by atoms with van der Waals surface area (Å²) in [5.74, 6) is 0. The second-order valence-electron chi connectivity index (χ2n) is 5.96. The molecule has 1 N–H and O–H groups in total. The van der Waals surface area contributed by atoms with Gasteiger partial charge in [0.15, 0.2) is 0 Å². The Bertz CT molecular complexity index is 378. The first-order chi connectivity index (χ1) is 9.67. The van der Waals surface area contributed by atoms with Crippen molar-refractivity contribution in [2.75, 3.05) is 6.61 Å². The molecule has 1 heterocycles. The molecule has 0 amide bonds. The van der Waals surface area contributed by atoms with Crippen LogP contribution >= 0.6 is 0 Å². The summed E-state index contributed by atoms with van der Waals surface area (Å²) >= 11 is 0. The van der Waals surface area contributed by atoms with Gasteiger partial charge in [0.05, 0.1) is 6.20 Å². The molecule has 1 saturated carbocycles. The van der Waals surface area contributed by atoms with E-state index in [-0.39, 0.29) is 0 Å². The number of aryl methyl sites for hydroxylation is 1. The van der Waals surface area contributed by atoms with Gasteiger partial charge in [-0.3, -0.25) is 4.68 Å². The minimum Gasteiger partial charge on any atom is -0.396 e. The Balaban J connectivity index is 0.000000956. The fraction of sp³-hybridized carbons (Fsp3) is 0.824. The van der Waals surface area contributed by atoms with Crippen molar-refractivity contribution in [1.29, 1.82) is 0 Å². The maximum Gasteiger partial charge on any atom is 0.0521 e. The first kappa shape index (κ1) is 17.2. The number of hydrogen-bond acceptors (Lipinski definition) is 2. The lowest BCUT2D eigenvalue weighted by Gasteiger charge is -2.37. The van der Waals surface area contributed by atoms with Crippen molar-refractivity contribution < 1.29 is 5.11 Å². The maximum atomic E-state index is 9.11. The minimum absolute atomic E-state index is 0.318. The van der Waals surface area contributed by atoms with Crippen molar-refractivity contribution in [3.05, 3.63) is 17.5 Å². The van der Waals surface area contributed by atoms with Crippen LogP contribution in [0.2, 0.25) is 0 Å². The number of aromatic nitrogens is 2. The van der Waals surface area contributed by atoms with Crippen LogP contribution in [0.15, 0.2) is 6.20 Å². The van der Waals surface area contributed by atoms with E-state index in [2.05, 4.69) is 23.6 Å². The molecule has 2 rings (SSSR count). The van der Waals surface area contributed by atoms with E-state index < -0.39 is 0 Å². The molecule has 0 aliphatic heterocycles. The average Bonchev–Trinajstić information content (AvgIpc) is 2.80. The lowest BCUT2D eigenvalue weighted by Crippen LogP contribution is -2.30. The van der Waals surface area contributed by atoms with Crippen LogP contribution in [-0.4, -0.2) is 21.5 Å². The number of aliphatic hydroxyl groups is 1. The van der Waals surface area contributed by atoms with E-state index in [1.165, 1.54) is 43.4 Å². The van der Waals surface area contributed by atoms with Gasteiger partial charge in [-0.15, -0.1) is 0 Å². The molecule has 116 valence electrons. The van der Waals surface area contributed by atoms with Crippen LogP contribution in [-0.2, 0) is 6.54 Å². The molecular weight excluding hydrogens is 248 g/mol. The standard InChI is InChI=1S/C15H26N2O.C2H6/c1-13-11-16-17(14(13)2)12-15(9-6-10-18)7-4-3-5-8-15;1-2/h11,18H,3-10,12H2,1-2H3;1-2H3. The molecule has 0 atom stereocenters. The van der Waals surface area contributed by atoms with Crippen molar-refractivity contribution in [2.24, 2.45) is 5.41 Å². The van der Waals surface area contributed by atoms with Crippen molar-refractivity contribution in [3.8, 4) is 0 Å². The highest BCUT2D eigenvalue weighted by atomic mass is 16.2. The Morgan fingerprint density at radius 2 is 1.85 bits per heavy atom. The molecule has 0 radical (unpaired) electrons. The van der Waals surface area contributed by atoms with Gasteiger partial charge in [0.2, 0.25) is 0 Å². The molecule has 0 saturated heterocycles. The highest BCUT2D eigenvalue weighted by molar-refractivity contribution is 5.13. The zero-order valence-corrected chi connectivity index (χ0v) is 13.8. The Morgan fingerprint density at radius 3 is 2.35 bits per heavy atom. The summed E-state index contributed by atoms with van der Waals surface area (Å²) in [6.45, 7) is 9.64. The third kappa shape index (κ3) is 4.34. The first-order valence-corrected chi connectivity index (χ1v) is 8.27. The lowest BCUT2D eigenvalue weighted by atomic mass is 9.71. The van der Waals surface area contributed by atoms with Gasteiger partial charge in [-0.25, -0.2) is 0 Å². The Hall–Kier alpha value is -0.830. The topological polar surface area (TPSA) is 38.0 Å². The monoisotopic (exact) mass is 280 g/mol. The van der Waals surface area contributed by atoms with E-state index in [1.54, 1.807) is 0 Å². The Kier molecular flexibility index (Phi) is 7.28. The molecule has 3 heteroatoms. The number of aliphatic hydroxyl groups excluding tert-OH is 1. The molecule has 0 aromatic carbocycles. The molecule has 1 aliphatic rings. The van der Waals surface area contributed by atoms with E-state index in [4.69, 9.17) is 5.11 Å². The van der Waals surface area contributed by atoms with Crippen molar-refractivity contribution in [1.82, 2.24) is 9.78 Å². The third-order valence-electron chi connectivity index (χ3n) is 4.61. The van der Waals surface area contributed by atoms with Crippen LogP contribution < -0.4 is 0 Å². The molecule has 1 aliphatic carbocycles. The molecule has 1 aromatic heterocycles. The predicted molar refractivity (Wildman–Crippen MR) is 84.9 cm³/mol. The van der Waals surface area contributed by atoms with Gasteiger partial charge >= 0.3 is 0 Å². The predicted octanol–water partition coefficient (Wildman–Crippen LogP) is 4.25. The summed E-state index contributed by atoms with van der Waals surface area (Å²) in [6, 6.07) is 0. The molecule has 1 aromatic rings. The van der Waals surface area contributed by atoms with Crippen LogP contribution in [0, 0.1) is 19.3 Å². The number of hydrogen-bond donors (Lipinski definition) is 1. The molecular formula is C17H32N2O. The summed E-state index contributed by atoms with van der Waals surface area (Å²) in [5, 5.41) is 13.6. The molecule has 1 fully saturated rings. The Morgan fingerprint density at radius 1 is 1.20 bits per heavy atom. The van der Waals surface area contributed by atoms with E-state index >= 15 is 0 Å². The summed E-state index contributed by atoms with van der Waals surface area (Å²) in [7, 11) is 0. The first-order valence-electron chi connectivity index (χ1n) is 8.27. The van der Waals surface area contributed by atoms with Crippen molar-refractivity contribution >= 4 is 0 Å². The minimum atomic E-state index is 0.318. The van der Waals surface area contributed by atoms with Gasteiger partial charge in [0, 0.05) is 18.8 Å². The summed E-state index contributed by atoms with van der Waals surface area (Å²) in [4.78, 5) is 0. The summed E-state index contributed by atoms with van der Waals surface area (Å²) in [5.41, 5.74) is 2.96. The second-order valence-corrected chi connectivity index (χ2v) is 5.96. The van der Waals surface area contributed by atoms with Gasteiger partial charge in [-0.1, -0.05) is 33.1 Å². The molecule has 0 bridgehead atoms. The fourth-order valence-electron chi connectivity index (χ4n) is 3.26. The number of nitrogens with zero attached hydrogens (tertiary/aromatic N) is 2. The van der Waals surface area contributed by atoms with Crippen LogP contribution in [0.1, 0.15) is 70.1 Å². The highest BCUT2D eigenvalue weighted by Gasteiger charge is 2.32. The maximum absolute atomic E-state index is 9.11. The van der Waals surface area contributed by atoms with E-state index in [1.807, 2.05) is 20.0 Å². The highest BCUT2D eigenvalue weighted by Crippen LogP contribution is 2.41. The van der Waals surface area contributed by atoms with Crippen LogP contribution in [0.5, 0.6) is 0 Å². The van der Waals surface area contributed by atoms with Crippen molar-refractivity contribution in [3.63, 3.8) is 0 Å². The van der Waals surface area contributed by atoms with Crippen LogP contribution in [0.3, 0.4) is 0 Å². The Labute approximate surface area is 124 Å². The van der Waals surface area contributed by atoms with Gasteiger partial charge < -0.3 is 5.11 Å². The fourth-order valence-corrected chi connectivity index (χ4v) is 3.26. The van der Waals surface area contributed by atoms with E-state index in [9.17, 15) is 0 Å². The normalized spacial score (nSPS) is 17.4. The smallest absolute Gasteiger partial charge is 0.0521 e. The average molecular weight is 280 g/mol. The zero-order valence-electron chi connectivity index (χ0n) is 13.8. The van der Waals surface area contributed by atoms with E-state index in [0.29, 0.717) is 12.0 Å². The van der Waals surface area contributed by atoms with Gasteiger partial charge in [0.25, 0.3) is 0 Å². The lowest BCUT2D eigenvalue weighted by molar-refractivity contribution is 0.121. The third-order valence-corrected chi connectivity index (χ3v) is 4.61. The van der Waals surface area contributed by atoms with Gasteiger partial charge in [-0.05, 0) is 50.5 Å². The molecule has 0 spiro atoms. The van der Waals surface area contributed by atoms with Gasteiger partial charge in [-0.2, -0.15) is 5.10 Å². The molecule has 0 unspecified atom stereocenters. The van der Waals surface area contributed by atoms with Crippen molar-refractivity contribution in [2.45, 2.75) is 79.2 Å². The quantitative estimate of drug-likeness (QED) is 0.875. The second kappa shape index (κ2) is 8.46. The molecule has 20 heavy (non-hydrogen) atoms. The number of rotatable bonds is 5. The van der Waals surface area contributed by atoms with Crippen LogP contribution in [0.4, 0.5) is 0 Å². The SMILES string of the molecule is CC.Cc1cnn(CC2(CCCO)CCCCC2)c1C.